The Morgan fingerprint density at radius 1 is 1.56 bits per heavy atom. The monoisotopic (exact) mass is 220 g/mol. The van der Waals surface area contributed by atoms with Gasteiger partial charge in [0.1, 0.15) is 0 Å². The van der Waals surface area contributed by atoms with Crippen molar-refractivity contribution in [3.8, 4) is 0 Å². The standard InChI is InChI=1S/C12H16N2O2/c1-9(11-3-2-8-16-11)14-12(15)10-4-6-13-7-5-10/h4-7,9,11H,2-3,8H2,1H3,(H,14,15)/t9-,11-/m1/s1. The van der Waals surface area contributed by atoms with Crippen molar-refractivity contribution in [2.45, 2.75) is 31.9 Å². The molecule has 0 aliphatic carbocycles. The van der Waals surface area contributed by atoms with Gasteiger partial charge in [0, 0.05) is 24.6 Å². The van der Waals surface area contributed by atoms with E-state index in [1.807, 2.05) is 6.92 Å². The summed E-state index contributed by atoms with van der Waals surface area (Å²) in [6.07, 6.45) is 5.50. The Labute approximate surface area is 95.0 Å². The molecule has 0 unspecified atom stereocenters. The first kappa shape index (κ1) is 11.1. The van der Waals surface area contributed by atoms with E-state index >= 15 is 0 Å². The first-order valence-corrected chi connectivity index (χ1v) is 5.60. The lowest BCUT2D eigenvalue weighted by atomic mass is 10.1. The van der Waals surface area contributed by atoms with Crippen LogP contribution >= 0.6 is 0 Å². The van der Waals surface area contributed by atoms with Gasteiger partial charge in [0.15, 0.2) is 0 Å². The molecule has 1 aliphatic rings. The van der Waals surface area contributed by atoms with Crippen molar-refractivity contribution < 1.29 is 9.53 Å². The van der Waals surface area contributed by atoms with Gasteiger partial charge in [-0.2, -0.15) is 0 Å². The van der Waals surface area contributed by atoms with E-state index in [9.17, 15) is 4.79 Å². The van der Waals surface area contributed by atoms with Crippen LogP contribution in [0.2, 0.25) is 0 Å². The lowest BCUT2D eigenvalue weighted by Crippen LogP contribution is -2.40. The highest BCUT2D eigenvalue weighted by molar-refractivity contribution is 5.94. The normalized spacial score (nSPS) is 21.7. The quantitative estimate of drug-likeness (QED) is 0.837. The minimum absolute atomic E-state index is 0.0585. The first-order valence-electron chi connectivity index (χ1n) is 5.60. The Morgan fingerprint density at radius 3 is 2.94 bits per heavy atom. The van der Waals surface area contributed by atoms with Crippen LogP contribution in [-0.2, 0) is 4.74 Å². The molecular formula is C12H16N2O2. The minimum atomic E-state index is -0.0644. The van der Waals surface area contributed by atoms with Gasteiger partial charge in [-0.05, 0) is 31.9 Å². The van der Waals surface area contributed by atoms with Crippen molar-refractivity contribution in [1.29, 1.82) is 0 Å². The third-order valence-electron chi connectivity index (χ3n) is 2.82. The molecule has 0 bridgehead atoms. The average Bonchev–Trinajstić information content (AvgIpc) is 2.83. The van der Waals surface area contributed by atoms with Gasteiger partial charge < -0.3 is 10.1 Å². The molecule has 86 valence electrons. The number of carbonyl (C=O) groups excluding carboxylic acids is 1. The van der Waals surface area contributed by atoms with E-state index < -0.39 is 0 Å². The molecule has 0 spiro atoms. The van der Waals surface area contributed by atoms with E-state index in [1.165, 1.54) is 0 Å². The minimum Gasteiger partial charge on any atom is -0.376 e. The molecule has 1 amide bonds. The van der Waals surface area contributed by atoms with Gasteiger partial charge in [0.2, 0.25) is 0 Å². The van der Waals surface area contributed by atoms with Crippen molar-refractivity contribution in [3.05, 3.63) is 30.1 Å². The van der Waals surface area contributed by atoms with Gasteiger partial charge in [-0.3, -0.25) is 9.78 Å². The van der Waals surface area contributed by atoms with E-state index in [2.05, 4.69) is 10.3 Å². The van der Waals surface area contributed by atoms with Gasteiger partial charge in [0.25, 0.3) is 5.91 Å². The summed E-state index contributed by atoms with van der Waals surface area (Å²) in [4.78, 5) is 15.7. The Kier molecular flexibility index (Phi) is 3.51. The molecule has 2 atom stereocenters. The second kappa shape index (κ2) is 5.07. The van der Waals surface area contributed by atoms with Crippen molar-refractivity contribution in [2.24, 2.45) is 0 Å². The van der Waals surface area contributed by atoms with Crippen LogP contribution < -0.4 is 5.32 Å². The molecule has 1 aromatic heterocycles. The number of amides is 1. The maximum absolute atomic E-state index is 11.8. The third-order valence-corrected chi connectivity index (χ3v) is 2.82. The summed E-state index contributed by atoms with van der Waals surface area (Å²) in [5.41, 5.74) is 0.639. The summed E-state index contributed by atoms with van der Waals surface area (Å²) in [5, 5.41) is 2.95. The fourth-order valence-electron chi connectivity index (χ4n) is 1.88. The first-order chi connectivity index (χ1) is 7.77. The van der Waals surface area contributed by atoms with Gasteiger partial charge in [0.05, 0.1) is 12.1 Å². The zero-order chi connectivity index (χ0) is 11.4. The summed E-state index contributed by atoms with van der Waals surface area (Å²) < 4.78 is 5.52. The van der Waals surface area contributed by atoms with Crippen molar-refractivity contribution >= 4 is 5.91 Å². The zero-order valence-corrected chi connectivity index (χ0v) is 9.35. The van der Waals surface area contributed by atoms with E-state index in [0.717, 1.165) is 19.4 Å². The zero-order valence-electron chi connectivity index (χ0n) is 9.35. The molecule has 1 N–H and O–H groups in total. The van der Waals surface area contributed by atoms with Gasteiger partial charge in [-0.25, -0.2) is 0 Å². The smallest absolute Gasteiger partial charge is 0.251 e. The summed E-state index contributed by atoms with van der Waals surface area (Å²) in [7, 11) is 0. The molecule has 16 heavy (non-hydrogen) atoms. The van der Waals surface area contributed by atoms with Crippen molar-refractivity contribution in [3.63, 3.8) is 0 Å². The molecule has 1 aromatic rings. The second-order valence-corrected chi connectivity index (χ2v) is 4.05. The maximum atomic E-state index is 11.8. The highest BCUT2D eigenvalue weighted by Crippen LogP contribution is 2.15. The second-order valence-electron chi connectivity index (χ2n) is 4.05. The number of pyridine rings is 1. The van der Waals surface area contributed by atoms with Gasteiger partial charge in [-0.1, -0.05) is 0 Å². The predicted molar refractivity (Wildman–Crippen MR) is 60.1 cm³/mol. The van der Waals surface area contributed by atoms with Crippen molar-refractivity contribution in [2.75, 3.05) is 6.61 Å². The Hall–Kier alpha value is -1.42. The van der Waals surface area contributed by atoms with Crippen LogP contribution in [0.3, 0.4) is 0 Å². The molecule has 0 saturated carbocycles. The van der Waals surface area contributed by atoms with Crippen molar-refractivity contribution in [1.82, 2.24) is 10.3 Å². The summed E-state index contributed by atoms with van der Waals surface area (Å²) >= 11 is 0. The van der Waals surface area contributed by atoms with E-state index in [0.29, 0.717) is 5.56 Å². The van der Waals surface area contributed by atoms with Crippen LogP contribution in [0.15, 0.2) is 24.5 Å². The summed E-state index contributed by atoms with van der Waals surface area (Å²) in [6.45, 7) is 2.79. The summed E-state index contributed by atoms with van der Waals surface area (Å²) in [5.74, 6) is -0.0644. The number of nitrogens with zero attached hydrogens (tertiary/aromatic N) is 1. The number of ether oxygens (including phenoxy) is 1. The van der Waals surface area contributed by atoms with E-state index in [1.54, 1.807) is 24.5 Å². The van der Waals surface area contributed by atoms with Crippen LogP contribution in [0, 0.1) is 0 Å². The Balaban J connectivity index is 1.92. The molecule has 4 heteroatoms. The highest BCUT2D eigenvalue weighted by Gasteiger charge is 2.23. The Morgan fingerprint density at radius 2 is 2.31 bits per heavy atom. The molecule has 0 radical (unpaired) electrons. The topological polar surface area (TPSA) is 51.2 Å². The fraction of sp³-hybridized carbons (Fsp3) is 0.500. The van der Waals surface area contributed by atoms with Gasteiger partial charge in [-0.15, -0.1) is 0 Å². The number of nitrogens with one attached hydrogen (secondary N) is 1. The molecule has 0 aromatic carbocycles. The molecule has 1 saturated heterocycles. The number of aromatic nitrogens is 1. The van der Waals surface area contributed by atoms with Crippen LogP contribution in [-0.4, -0.2) is 29.6 Å². The van der Waals surface area contributed by atoms with Crippen LogP contribution in [0.5, 0.6) is 0 Å². The largest absolute Gasteiger partial charge is 0.376 e. The molecule has 2 rings (SSSR count). The number of carbonyl (C=O) groups is 1. The molecule has 4 nitrogen and oxygen atoms in total. The number of rotatable bonds is 3. The highest BCUT2D eigenvalue weighted by atomic mass is 16.5. The predicted octanol–water partition coefficient (Wildman–Crippen LogP) is 1.38. The molecule has 1 fully saturated rings. The summed E-state index contributed by atoms with van der Waals surface area (Å²) in [6, 6.07) is 3.47. The lowest BCUT2D eigenvalue weighted by Gasteiger charge is -2.19. The fourth-order valence-corrected chi connectivity index (χ4v) is 1.88. The molecular weight excluding hydrogens is 204 g/mol. The van der Waals surface area contributed by atoms with Crippen LogP contribution in [0.1, 0.15) is 30.1 Å². The molecule has 2 heterocycles. The van der Waals surface area contributed by atoms with E-state index in [4.69, 9.17) is 4.74 Å². The third kappa shape index (κ3) is 2.58. The SMILES string of the molecule is C[C@@H](NC(=O)c1ccncc1)[C@H]1CCCO1. The average molecular weight is 220 g/mol. The van der Waals surface area contributed by atoms with E-state index in [-0.39, 0.29) is 18.1 Å². The maximum Gasteiger partial charge on any atom is 0.251 e. The number of hydrogen-bond donors (Lipinski definition) is 1. The molecule has 1 aliphatic heterocycles. The van der Waals surface area contributed by atoms with Crippen LogP contribution in [0.4, 0.5) is 0 Å². The lowest BCUT2D eigenvalue weighted by molar-refractivity contribution is 0.0712. The number of hydrogen-bond acceptors (Lipinski definition) is 3. The Bertz CT molecular complexity index is 347. The van der Waals surface area contributed by atoms with Crippen LogP contribution in [0.25, 0.3) is 0 Å². The van der Waals surface area contributed by atoms with Gasteiger partial charge >= 0.3 is 0 Å².